The predicted octanol–water partition coefficient (Wildman–Crippen LogP) is 3.44. The van der Waals surface area contributed by atoms with Crippen LogP contribution in [0.2, 0.25) is 0 Å². The van der Waals surface area contributed by atoms with Gasteiger partial charge in [-0.25, -0.2) is 0 Å². The van der Waals surface area contributed by atoms with Crippen LogP contribution in [0.25, 0.3) is 0 Å². The highest BCUT2D eigenvalue weighted by atomic mass is 16.5. The third kappa shape index (κ3) is 7.43. The average molecular weight is 411 g/mol. The van der Waals surface area contributed by atoms with E-state index in [-0.39, 0.29) is 5.91 Å². The second kappa shape index (κ2) is 12.5. The summed E-state index contributed by atoms with van der Waals surface area (Å²) in [4.78, 5) is 16.3. The van der Waals surface area contributed by atoms with Crippen LogP contribution in [0.5, 0.6) is 5.75 Å². The van der Waals surface area contributed by atoms with Gasteiger partial charge in [0, 0.05) is 32.2 Å². The van der Waals surface area contributed by atoms with Crippen molar-refractivity contribution in [3.63, 3.8) is 0 Å². The average Bonchev–Trinajstić information content (AvgIpc) is 2.77. The number of unbranched alkanes of at least 4 members (excludes halogenated alkanes) is 1. The van der Waals surface area contributed by atoms with Crippen molar-refractivity contribution in [2.45, 2.75) is 39.7 Å². The Balaban J connectivity index is 1.78. The van der Waals surface area contributed by atoms with E-state index in [2.05, 4.69) is 46.1 Å². The van der Waals surface area contributed by atoms with Crippen LogP contribution in [0, 0.1) is 6.92 Å². The van der Waals surface area contributed by atoms with Gasteiger partial charge in [0.1, 0.15) is 5.75 Å². The van der Waals surface area contributed by atoms with Crippen molar-refractivity contribution in [1.29, 1.82) is 0 Å². The molecule has 0 radical (unpaired) electrons. The maximum absolute atomic E-state index is 12.1. The summed E-state index contributed by atoms with van der Waals surface area (Å²) in [7, 11) is 3.45. The molecule has 162 valence electrons. The van der Waals surface area contributed by atoms with E-state index < -0.39 is 0 Å². The molecule has 0 spiro atoms. The molecule has 30 heavy (non-hydrogen) atoms. The van der Waals surface area contributed by atoms with Gasteiger partial charge in [0.25, 0.3) is 5.91 Å². The van der Waals surface area contributed by atoms with Gasteiger partial charge in [0.2, 0.25) is 0 Å². The topological polar surface area (TPSA) is 74.8 Å². The van der Waals surface area contributed by atoms with Crippen LogP contribution >= 0.6 is 0 Å². The Morgan fingerprint density at radius 1 is 1.00 bits per heavy atom. The Hall–Kier alpha value is -3.02. The molecule has 6 nitrogen and oxygen atoms in total. The molecule has 0 saturated carbocycles. The Kier molecular flexibility index (Phi) is 9.71. The molecule has 0 aliphatic heterocycles. The SMILES string of the molecule is CCCCNC(=O)c1ccc(CNC(=NC)NCCc2ccc(C)c(OC)c2)cc1. The number of aliphatic imine (C=N–C) groups is 1. The largest absolute Gasteiger partial charge is 0.496 e. The van der Waals surface area contributed by atoms with E-state index in [1.54, 1.807) is 14.2 Å². The number of hydrogen-bond donors (Lipinski definition) is 3. The first-order valence-electron chi connectivity index (χ1n) is 10.5. The molecule has 0 aromatic heterocycles. The Morgan fingerprint density at radius 3 is 2.40 bits per heavy atom. The molecule has 0 aliphatic carbocycles. The summed E-state index contributed by atoms with van der Waals surface area (Å²) in [5.74, 6) is 1.64. The van der Waals surface area contributed by atoms with E-state index in [0.717, 1.165) is 55.2 Å². The number of carbonyl (C=O) groups excluding carboxylic acids is 1. The van der Waals surface area contributed by atoms with Crippen LogP contribution in [-0.4, -0.2) is 39.1 Å². The maximum atomic E-state index is 12.1. The fourth-order valence-corrected chi connectivity index (χ4v) is 3.01. The van der Waals surface area contributed by atoms with Crippen molar-refractivity contribution in [2.24, 2.45) is 4.99 Å². The summed E-state index contributed by atoms with van der Waals surface area (Å²) in [5.41, 5.74) is 4.13. The molecule has 0 fully saturated rings. The molecular formula is C24H34N4O2. The van der Waals surface area contributed by atoms with Crippen molar-refractivity contribution in [3.8, 4) is 5.75 Å². The number of hydrogen-bond acceptors (Lipinski definition) is 3. The van der Waals surface area contributed by atoms with E-state index in [9.17, 15) is 4.79 Å². The molecule has 6 heteroatoms. The summed E-state index contributed by atoms with van der Waals surface area (Å²) in [5, 5.41) is 9.57. The number of guanidine groups is 1. The third-order valence-electron chi connectivity index (χ3n) is 4.89. The minimum Gasteiger partial charge on any atom is -0.496 e. The van der Waals surface area contributed by atoms with Crippen LogP contribution in [0.4, 0.5) is 0 Å². The second-order valence-corrected chi connectivity index (χ2v) is 7.21. The Bertz CT molecular complexity index is 832. The standard InChI is InChI=1S/C24H34N4O2/c1-5-6-14-26-23(29)21-11-9-20(10-12-21)17-28-24(25-3)27-15-13-19-8-7-18(2)22(16-19)30-4/h7-12,16H,5-6,13-15,17H2,1-4H3,(H,26,29)(H2,25,27,28). The van der Waals surface area contributed by atoms with Crippen LogP contribution in [0.15, 0.2) is 47.5 Å². The lowest BCUT2D eigenvalue weighted by Gasteiger charge is -2.13. The quantitative estimate of drug-likeness (QED) is 0.319. The van der Waals surface area contributed by atoms with Gasteiger partial charge >= 0.3 is 0 Å². The number of nitrogens with zero attached hydrogens (tertiary/aromatic N) is 1. The number of aryl methyl sites for hydroxylation is 1. The first kappa shape index (κ1) is 23.3. The summed E-state index contributed by atoms with van der Waals surface area (Å²) in [6, 6.07) is 13.9. The summed E-state index contributed by atoms with van der Waals surface area (Å²) >= 11 is 0. The predicted molar refractivity (Wildman–Crippen MR) is 123 cm³/mol. The maximum Gasteiger partial charge on any atom is 0.251 e. The normalized spacial score (nSPS) is 11.1. The highest BCUT2D eigenvalue weighted by Gasteiger charge is 2.05. The highest BCUT2D eigenvalue weighted by Crippen LogP contribution is 2.19. The van der Waals surface area contributed by atoms with Crippen molar-refractivity contribution in [3.05, 3.63) is 64.7 Å². The first-order valence-corrected chi connectivity index (χ1v) is 10.5. The zero-order valence-electron chi connectivity index (χ0n) is 18.5. The van der Waals surface area contributed by atoms with Gasteiger partial charge in [-0.3, -0.25) is 9.79 Å². The van der Waals surface area contributed by atoms with Crippen LogP contribution < -0.4 is 20.7 Å². The van der Waals surface area contributed by atoms with Gasteiger partial charge in [-0.1, -0.05) is 37.6 Å². The minimum absolute atomic E-state index is 0.0202. The molecule has 0 heterocycles. The van der Waals surface area contributed by atoms with E-state index in [1.807, 2.05) is 31.2 Å². The lowest BCUT2D eigenvalue weighted by molar-refractivity contribution is 0.0953. The van der Waals surface area contributed by atoms with Gasteiger partial charge < -0.3 is 20.7 Å². The number of nitrogens with one attached hydrogen (secondary N) is 3. The zero-order chi connectivity index (χ0) is 21.8. The van der Waals surface area contributed by atoms with Gasteiger partial charge in [-0.15, -0.1) is 0 Å². The Morgan fingerprint density at radius 2 is 1.73 bits per heavy atom. The third-order valence-corrected chi connectivity index (χ3v) is 4.89. The molecule has 0 unspecified atom stereocenters. The van der Waals surface area contributed by atoms with E-state index in [1.165, 1.54) is 5.56 Å². The molecule has 3 N–H and O–H groups in total. The summed E-state index contributed by atoms with van der Waals surface area (Å²) in [6.07, 6.45) is 2.94. The van der Waals surface area contributed by atoms with Gasteiger partial charge in [0.15, 0.2) is 5.96 Å². The van der Waals surface area contributed by atoms with Crippen molar-refractivity contribution < 1.29 is 9.53 Å². The molecule has 1 amide bonds. The smallest absolute Gasteiger partial charge is 0.251 e. The fraction of sp³-hybridized carbons (Fsp3) is 0.417. The van der Waals surface area contributed by atoms with Crippen LogP contribution in [0.1, 0.15) is 46.8 Å². The number of carbonyl (C=O) groups is 1. The molecule has 0 saturated heterocycles. The molecule has 0 aliphatic rings. The number of rotatable bonds is 10. The fourth-order valence-electron chi connectivity index (χ4n) is 3.01. The lowest BCUT2D eigenvalue weighted by Crippen LogP contribution is -2.37. The number of ether oxygens (including phenoxy) is 1. The minimum atomic E-state index is -0.0202. The van der Waals surface area contributed by atoms with Crippen molar-refractivity contribution in [2.75, 3.05) is 27.2 Å². The molecule has 2 aromatic rings. The van der Waals surface area contributed by atoms with Crippen molar-refractivity contribution >= 4 is 11.9 Å². The zero-order valence-corrected chi connectivity index (χ0v) is 18.5. The van der Waals surface area contributed by atoms with E-state index in [0.29, 0.717) is 12.1 Å². The molecule has 0 atom stereocenters. The monoisotopic (exact) mass is 410 g/mol. The molecular weight excluding hydrogens is 376 g/mol. The van der Waals surface area contributed by atoms with E-state index >= 15 is 0 Å². The van der Waals surface area contributed by atoms with Gasteiger partial charge in [-0.2, -0.15) is 0 Å². The molecule has 2 aromatic carbocycles. The lowest BCUT2D eigenvalue weighted by atomic mass is 10.1. The van der Waals surface area contributed by atoms with E-state index in [4.69, 9.17) is 4.74 Å². The van der Waals surface area contributed by atoms with Crippen LogP contribution in [0.3, 0.4) is 0 Å². The number of methoxy groups -OCH3 is 1. The summed E-state index contributed by atoms with van der Waals surface area (Å²) in [6.45, 7) is 6.27. The molecule has 0 bridgehead atoms. The number of benzene rings is 2. The Labute approximate surface area is 180 Å². The first-order chi connectivity index (χ1) is 14.6. The van der Waals surface area contributed by atoms with Crippen LogP contribution in [-0.2, 0) is 13.0 Å². The highest BCUT2D eigenvalue weighted by molar-refractivity contribution is 5.94. The molecule has 2 rings (SSSR count). The van der Waals surface area contributed by atoms with Gasteiger partial charge in [-0.05, 0) is 54.7 Å². The number of amides is 1. The summed E-state index contributed by atoms with van der Waals surface area (Å²) < 4.78 is 5.39. The van der Waals surface area contributed by atoms with Gasteiger partial charge in [0.05, 0.1) is 7.11 Å². The van der Waals surface area contributed by atoms with Crippen molar-refractivity contribution in [1.82, 2.24) is 16.0 Å². The second-order valence-electron chi connectivity index (χ2n) is 7.21.